The fourth-order valence-corrected chi connectivity index (χ4v) is 4.26. The summed E-state index contributed by atoms with van der Waals surface area (Å²) in [5.74, 6) is -1.20. The zero-order valence-corrected chi connectivity index (χ0v) is 19.8. The summed E-state index contributed by atoms with van der Waals surface area (Å²) in [7, 11) is 0. The zero-order chi connectivity index (χ0) is 24.1. The molecule has 3 aromatic carbocycles. The molecular weight excluding hydrogens is 471 g/mol. The van der Waals surface area contributed by atoms with E-state index in [1.165, 1.54) is 40.5 Å². The Kier molecular flexibility index (Phi) is 7.24. The summed E-state index contributed by atoms with van der Waals surface area (Å²) in [4.78, 5) is 32.7. The summed E-state index contributed by atoms with van der Waals surface area (Å²) in [6.07, 6.45) is 1.96. The minimum atomic E-state index is -0.436. The molecular formula is C25H21FN4O2S2. The highest BCUT2D eigenvalue weighted by atomic mass is 32.2. The van der Waals surface area contributed by atoms with Crippen LogP contribution < -0.4 is 16.0 Å². The van der Waals surface area contributed by atoms with Gasteiger partial charge in [0.05, 0.1) is 5.69 Å². The van der Waals surface area contributed by atoms with Crippen LogP contribution in [-0.2, 0) is 4.79 Å². The Morgan fingerprint density at radius 1 is 1.03 bits per heavy atom. The van der Waals surface area contributed by atoms with Crippen molar-refractivity contribution >= 4 is 51.4 Å². The van der Waals surface area contributed by atoms with Gasteiger partial charge in [-0.1, -0.05) is 12.1 Å². The number of carbonyl (C=O) groups is 2. The molecule has 34 heavy (non-hydrogen) atoms. The fraction of sp³-hybridized carbons (Fsp3) is 0.0800. The van der Waals surface area contributed by atoms with E-state index in [0.29, 0.717) is 16.5 Å². The van der Waals surface area contributed by atoms with Gasteiger partial charge in [0.2, 0.25) is 5.91 Å². The molecule has 4 aromatic rings. The van der Waals surface area contributed by atoms with Crippen LogP contribution in [0.4, 0.5) is 20.9 Å². The van der Waals surface area contributed by atoms with Crippen LogP contribution in [-0.4, -0.2) is 29.6 Å². The number of benzene rings is 3. The van der Waals surface area contributed by atoms with Crippen LogP contribution in [0.2, 0.25) is 0 Å². The largest absolute Gasteiger partial charge is 0.375 e. The predicted molar refractivity (Wildman–Crippen MR) is 137 cm³/mol. The molecule has 9 heteroatoms. The van der Waals surface area contributed by atoms with Gasteiger partial charge in [-0.3, -0.25) is 14.5 Å². The molecule has 1 aromatic heterocycles. The molecule has 0 aliphatic heterocycles. The van der Waals surface area contributed by atoms with E-state index in [2.05, 4.69) is 10.3 Å². The van der Waals surface area contributed by atoms with Crippen molar-refractivity contribution in [2.45, 2.75) is 4.90 Å². The van der Waals surface area contributed by atoms with Gasteiger partial charge in [0.1, 0.15) is 12.4 Å². The Balaban J connectivity index is 1.52. The smallest absolute Gasteiger partial charge is 0.258 e. The third kappa shape index (κ3) is 5.62. The van der Waals surface area contributed by atoms with Gasteiger partial charge in [-0.25, -0.2) is 9.37 Å². The second kappa shape index (κ2) is 10.5. The summed E-state index contributed by atoms with van der Waals surface area (Å²) in [6, 6.07) is 19.8. The highest BCUT2D eigenvalue weighted by molar-refractivity contribution is 7.98. The van der Waals surface area contributed by atoms with Gasteiger partial charge in [0.25, 0.3) is 5.91 Å². The number of nitrogens with two attached hydrogens (primary N) is 1. The van der Waals surface area contributed by atoms with Crippen LogP contribution in [0.3, 0.4) is 0 Å². The lowest BCUT2D eigenvalue weighted by molar-refractivity contribution is -0.114. The average Bonchev–Trinajstić information content (AvgIpc) is 3.29. The van der Waals surface area contributed by atoms with Crippen LogP contribution in [0, 0.1) is 5.82 Å². The molecule has 6 nitrogen and oxygen atoms in total. The van der Waals surface area contributed by atoms with E-state index in [9.17, 15) is 14.0 Å². The summed E-state index contributed by atoms with van der Waals surface area (Å²) < 4.78 is 13.3. The Hall–Kier alpha value is -3.69. The number of hydrogen-bond acceptors (Lipinski definition) is 6. The van der Waals surface area contributed by atoms with E-state index in [0.717, 1.165) is 16.2 Å². The lowest BCUT2D eigenvalue weighted by Gasteiger charge is -2.23. The quantitative estimate of drug-likeness (QED) is 0.331. The normalized spacial score (nSPS) is 10.6. The van der Waals surface area contributed by atoms with Crippen molar-refractivity contribution in [2.75, 3.05) is 28.8 Å². The third-order valence-electron chi connectivity index (χ3n) is 5.01. The molecule has 0 spiro atoms. The number of halogens is 1. The van der Waals surface area contributed by atoms with Crippen molar-refractivity contribution < 1.29 is 14.0 Å². The average molecular weight is 493 g/mol. The zero-order valence-electron chi connectivity index (χ0n) is 18.2. The minimum Gasteiger partial charge on any atom is -0.375 e. The number of anilines is 3. The lowest BCUT2D eigenvalue weighted by atomic mass is 10.1. The van der Waals surface area contributed by atoms with Crippen LogP contribution in [0.5, 0.6) is 0 Å². The second-order valence-corrected chi connectivity index (χ2v) is 9.06. The van der Waals surface area contributed by atoms with Crippen LogP contribution in [0.15, 0.2) is 83.1 Å². The van der Waals surface area contributed by atoms with Gasteiger partial charge in [-0.05, 0) is 66.9 Å². The monoisotopic (exact) mass is 492 g/mol. The number of nitrogens with zero attached hydrogens (tertiary/aromatic N) is 2. The molecule has 0 unspecified atom stereocenters. The number of amides is 2. The second-order valence-electron chi connectivity index (χ2n) is 7.29. The Morgan fingerprint density at radius 2 is 1.71 bits per heavy atom. The first-order chi connectivity index (χ1) is 16.4. The third-order valence-corrected chi connectivity index (χ3v) is 6.43. The number of nitrogen functional groups attached to an aromatic ring is 1. The molecule has 0 aliphatic carbocycles. The van der Waals surface area contributed by atoms with Crippen molar-refractivity contribution in [3.05, 3.63) is 89.6 Å². The number of thiazole rings is 1. The van der Waals surface area contributed by atoms with Crippen molar-refractivity contribution in [1.29, 1.82) is 0 Å². The number of thioether (sulfide) groups is 1. The van der Waals surface area contributed by atoms with Gasteiger partial charge in [-0.2, -0.15) is 0 Å². The molecule has 0 saturated heterocycles. The number of aromatic nitrogens is 1. The van der Waals surface area contributed by atoms with E-state index >= 15 is 0 Å². The molecule has 0 bridgehead atoms. The number of hydrogen-bond donors (Lipinski definition) is 2. The van der Waals surface area contributed by atoms with Crippen molar-refractivity contribution in [3.8, 4) is 11.3 Å². The molecule has 0 fully saturated rings. The predicted octanol–water partition coefficient (Wildman–Crippen LogP) is 5.54. The highest BCUT2D eigenvalue weighted by Gasteiger charge is 2.21. The maximum absolute atomic E-state index is 13.3. The summed E-state index contributed by atoms with van der Waals surface area (Å²) in [6.45, 7) is -0.209. The first-order valence-electron chi connectivity index (χ1n) is 10.3. The van der Waals surface area contributed by atoms with Crippen LogP contribution in [0.1, 0.15) is 10.4 Å². The van der Waals surface area contributed by atoms with Gasteiger partial charge in [0.15, 0.2) is 5.13 Å². The molecule has 4 rings (SSSR count). The van der Waals surface area contributed by atoms with Gasteiger partial charge >= 0.3 is 0 Å². The van der Waals surface area contributed by atoms with Crippen molar-refractivity contribution in [3.63, 3.8) is 0 Å². The van der Waals surface area contributed by atoms with E-state index < -0.39 is 11.7 Å². The molecule has 0 atom stereocenters. The van der Waals surface area contributed by atoms with E-state index in [1.54, 1.807) is 36.0 Å². The van der Waals surface area contributed by atoms with Gasteiger partial charge in [0, 0.05) is 32.8 Å². The molecule has 0 saturated carbocycles. The van der Waals surface area contributed by atoms with Crippen molar-refractivity contribution in [2.24, 2.45) is 0 Å². The molecule has 172 valence electrons. The van der Waals surface area contributed by atoms with Gasteiger partial charge in [-0.15, -0.1) is 23.1 Å². The van der Waals surface area contributed by atoms with Crippen LogP contribution in [0.25, 0.3) is 11.3 Å². The van der Waals surface area contributed by atoms with E-state index in [-0.39, 0.29) is 18.0 Å². The van der Waals surface area contributed by atoms with E-state index in [4.69, 9.17) is 5.73 Å². The Bertz CT molecular complexity index is 1290. The maximum atomic E-state index is 13.3. The molecule has 0 aliphatic rings. The SMILES string of the molecule is CSc1ccc(N(CC(=O)Nc2ccc(-c3csc(N)n3)cc2)C(=O)c2ccc(F)cc2)cc1. The minimum absolute atomic E-state index is 0.209. The van der Waals surface area contributed by atoms with Gasteiger partial charge < -0.3 is 11.1 Å². The first-order valence-corrected chi connectivity index (χ1v) is 12.4. The number of rotatable bonds is 7. The molecule has 3 N–H and O–H groups in total. The summed E-state index contributed by atoms with van der Waals surface area (Å²) in [5.41, 5.74) is 8.79. The van der Waals surface area contributed by atoms with Crippen molar-refractivity contribution in [1.82, 2.24) is 4.98 Å². The lowest BCUT2D eigenvalue weighted by Crippen LogP contribution is -2.38. The highest BCUT2D eigenvalue weighted by Crippen LogP contribution is 2.25. The standard InChI is InChI=1S/C25H21FN4O2S2/c1-33-21-12-10-20(11-13-21)30(24(32)17-2-6-18(26)7-3-17)14-23(31)28-19-8-4-16(5-9-19)22-15-34-25(27)29-22/h2-13,15H,14H2,1H3,(H2,27,29)(H,28,31). The Morgan fingerprint density at radius 3 is 2.29 bits per heavy atom. The Labute approximate surface area is 204 Å². The molecule has 0 radical (unpaired) electrons. The molecule has 1 heterocycles. The summed E-state index contributed by atoms with van der Waals surface area (Å²) in [5, 5.41) is 5.18. The fourth-order valence-electron chi connectivity index (χ4n) is 3.28. The first kappa shape index (κ1) is 23.5. The van der Waals surface area contributed by atoms with E-state index in [1.807, 2.05) is 35.9 Å². The molecule has 2 amide bonds. The maximum Gasteiger partial charge on any atom is 0.258 e. The topological polar surface area (TPSA) is 88.3 Å². The van der Waals surface area contributed by atoms with Crippen LogP contribution >= 0.6 is 23.1 Å². The number of carbonyl (C=O) groups excluding carboxylic acids is 2. The summed E-state index contributed by atoms with van der Waals surface area (Å²) >= 11 is 2.94. The number of nitrogens with one attached hydrogen (secondary N) is 1.